The van der Waals surface area contributed by atoms with Crippen molar-refractivity contribution in [3.63, 3.8) is 0 Å². The molecule has 25 heavy (non-hydrogen) atoms. The maximum absolute atomic E-state index is 13.2. The summed E-state index contributed by atoms with van der Waals surface area (Å²) in [6, 6.07) is 13.2. The number of ether oxygens (including phenoxy) is 3. The van der Waals surface area contributed by atoms with Crippen LogP contribution in [0.15, 0.2) is 42.5 Å². The Morgan fingerprint density at radius 3 is 2.44 bits per heavy atom. The number of nitrogens with one attached hydrogen (secondary N) is 1. The molecule has 2 aliphatic heterocycles. The van der Waals surface area contributed by atoms with Crippen LogP contribution in [-0.4, -0.2) is 25.9 Å². The molecule has 130 valence electrons. The third kappa shape index (κ3) is 2.94. The second-order valence-corrected chi connectivity index (χ2v) is 6.61. The molecule has 4 rings (SSSR count). The number of benzene rings is 2. The van der Waals surface area contributed by atoms with Crippen molar-refractivity contribution in [2.45, 2.75) is 18.3 Å². The van der Waals surface area contributed by atoms with Gasteiger partial charge in [-0.1, -0.05) is 41.9 Å². The summed E-state index contributed by atoms with van der Waals surface area (Å²) in [4.78, 5) is 13.2. The lowest BCUT2D eigenvalue weighted by Crippen LogP contribution is -2.44. The van der Waals surface area contributed by atoms with E-state index in [0.29, 0.717) is 48.3 Å². The third-order valence-electron chi connectivity index (χ3n) is 4.82. The molecular weight excluding hydrogens is 342 g/mol. The minimum Gasteiger partial charge on any atom is -0.454 e. The summed E-state index contributed by atoms with van der Waals surface area (Å²) >= 11 is 6.31. The van der Waals surface area contributed by atoms with Crippen molar-refractivity contribution in [1.82, 2.24) is 0 Å². The maximum atomic E-state index is 13.2. The molecule has 0 aromatic heterocycles. The normalized spacial score (nSPS) is 18.0. The van der Waals surface area contributed by atoms with Crippen LogP contribution in [0.3, 0.4) is 0 Å². The van der Waals surface area contributed by atoms with Crippen molar-refractivity contribution in [2.75, 3.05) is 25.3 Å². The molecule has 2 heterocycles. The maximum Gasteiger partial charge on any atom is 0.235 e. The van der Waals surface area contributed by atoms with Gasteiger partial charge in [0.2, 0.25) is 12.7 Å². The van der Waals surface area contributed by atoms with Crippen LogP contribution >= 0.6 is 11.6 Å². The number of fused-ring (bicyclic) bond motifs is 1. The van der Waals surface area contributed by atoms with E-state index in [0.717, 1.165) is 5.56 Å². The van der Waals surface area contributed by atoms with Crippen molar-refractivity contribution < 1.29 is 19.0 Å². The van der Waals surface area contributed by atoms with Crippen LogP contribution in [-0.2, 0) is 14.9 Å². The molecule has 1 fully saturated rings. The lowest BCUT2D eigenvalue weighted by Gasteiger charge is -2.36. The smallest absolute Gasteiger partial charge is 0.235 e. The molecule has 2 aromatic carbocycles. The standard InChI is InChI=1S/C19H18ClNO4/c20-14-10-16-17(25-12-24-16)11-15(14)21-18(22)19(6-8-23-9-7-19)13-4-2-1-3-5-13/h1-5,10-11H,6-9,12H2,(H,21,22). The van der Waals surface area contributed by atoms with E-state index in [9.17, 15) is 4.79 Å². The van der Waals surface area contributed by atoms with Gasteiger partial charge in [-0.15, -0.1) is 0 Å². The Labute approximate surface area is 150 Å². The molecule has 0 saturated carbocycles. The molecule has 1 amide bonds. The van der Waals surface area contributed by atoms with Gasteiger partial charge in [-0.3, -0.25) is 4.79 Å². The Bertz CT molecular complexity index is 788. The van der Waals surface area contributed by atoms with Crippen molar-refractivity contribution in [2.24, 2.45) is 0 Å². The molecule has 6 heteroatoms. The lowest BCUT2D eigenvalue weighted by molar-refractivity contribution is -0.125. The van der Waals surface area contributed by atoms with Gasteiger partial charge in [0.15, 0.2) is 11.5 Å². The molecule has 1 saturated heterocycles. The lowest BCUT2D eigenvalue weighted by atomic mass is 9.73. The Morgan fingerprint density at radius 1 is 1.04 bits per heavy atom. The van der Waals surface area contributed by atoms with Crippen LogP contribution in [0.1, 0.15) is 18.4 Å². The SMILES string of the molecule is O=C(Nc1cc2c(cc1Cl)OCO2)C1(c2ccccc2)CCOCC1. The summed E-state index contributed by atoms with van der Waals surface area (Å²) < 4.78 is 16.2. The number of carbonyl (C=O) groups excluding carboxylic acids is 1. The fraction of sp³-hybridized carbons (Fsp3) is 0.316. The number of amides is 1. The number of hydrogen-bond donors (Lipinski definition) is 1. The minimum absolute atomic E-state index is 0.0808. The highest BCUT2D eigenvalue weighted by Gasteiger charge is 2.42. The van der Waals surface area contributed by atoms with Gasteiger partial charge in [-0.2, -0.15) is 0 Å². The van der Waals surface area contributed by atoms with Crippen LogP contribution in [0.4, 0.5) is 5.69 Å². The average molecular weight is 360 g/mol. The number of halogens is 1. The third-order valence-corrected chi connectivity index (χ3v) is 5.13. The fourth-order valence-electron chi connectivity index (χ4n) is 3.38. The molecule has 0 bridgehead atoms. The van der Waals surface area contributed by atoms with E-state index in [1.54, 1.807) is 12.1 Å². The Hall–Kier alpha value is -2.24. The summed E-state index contributed by atoms with van der Waals surface area (Å²) in [7, 11) is 0. The molecule has 0 spiro atoms. The van der Waals surface area contributed by atoms with Gasteiger partial charge < -0.3 is 19.5 Å². The Balaban J connectivity index is 1.66. The molecule has 0 atom stereocenters. The zero-order valence-electron chi connectivity index (χ0n) is 13.6. The highest BCUT2D eigenvalue weighted by molar-refractivity contribution is 6.34. The molecule has 2 aliphatic rings. The summed E-state index contributed by atoms with van der Waals surface area (Å²) in [5.74, 6) is 1.09. The van der Waals surface area contributed by atoms with E-state index in [1.165, 1.54) is 0 Å². The van der Waals surface area contributed by atoms with Crippen molar-refractivity contribution in [1.29, 1.82) is 0 Å². The summed E-state index contributed by atoms with van der Waals surface area (Å²) in [5.41, 5.74) is 0.893. The highest BCUT2D eigenvalue weighted by atomic mass is 35.5. The van der Waals surface area contributed by atoms with E-state index in [1.807, 2.05) is 30.3 Å². The predicted molar refractivity (Wildman–Crippen MR) is 94.4 cm³/mol. The Kier molecular flexibility index (Phi) is 4.27. The zero-order chi connectivity index (χ0) is 17.3. The molecular formula is C19H18ClNO4. The van der Waals surface area contributed by atoms with Crippen LogP contribution < -0.4 is 14.8 Å². The van der Waals surface area contributed by atoms with E-state index >= 15 is 0 Å². The zero-order valence-corrected chi connectivity index (χ0v) is 14.3. The number of carbonyl (C=O) groups is 1. The summed E-state index contributed by atoms with van der Waals surface area (Å²) in [6.07, 6.45) is 1.26. The quantitative estimate of drug-likeness (QED) is 0.906. The Morgan fingerprint density at radius 2 is 1.72 bits per heavy atom. The van der Waals surface area contributed by atoms with E-state index in [2.05, 4.69) is 5.32 Å². The molecule has 1 N–H and O–H groups in total. The molecule has 5 nitrogen and oxygen atoms in total. The first kappa shape index (κ1) is 16.2. The van der Waals surface area contributed by atoms with Crippen molar-refractivity contribution in [3.8, 4) is 11.5 Å². The predicted octanol–water partition coefficient (Wildman–Crippen LogP) is 3.76. The van der Waals surface area contributed by atoms with Crippen LogP contribution in [0, 0.1) is 0 Å². The van der Waals surface area contributed by atoms with Gasteiger partial charge in [0.1, 0.15) is 0 Å². The topological polar surface area (TPSA) is 56.8 Å². The van der Waals surface area contributed by atoms with Crippen LogP contribution in [0.25, 0.3) is 0 Å². The molecule has 0 radical (unpaired) electrons. The van der Waals surface area contributed by atoms with E-state index < -0.39 is 5.41 Å². The monoisotopic (exact) mass is 359 g/mol. The number of rotatable bonds is 3. The van der Waals surface area contributed by atoms with Crippen LogP contribution in [0.2, 0.25) is 5.02 Å². The number of anilines is 1. The minimum atomic E-state index is -0.626. The first-order valence-corrected chi connectivity index (χ1v) is 8.61. The van der Waals surface area contributed by atoms with E-state index in [-0.39, 0.29) is 12.7 Å². The summed E-state index contributed by atoms with van der Waals surface area (Å²) in [6.45, 7) is 1.27. The molecule has 2 aromatic rings. The van der Waals surface area contributed by atoms with E-state index in [4.69, 9.17) is 25.8 Å². The van der Waals surface area contributed by atoms with Crippen molar-refractivity contribution >= 4 is 23.2 Å². The first-order valence-electron chi connectivity index (χ1n) is 8.23. The highest BCUT2D eigenvalue weighted by Crippen LogP contribution is 2.41. The average Bonchev–Trinajstić information content (AvgIpc) is 3.10. The molecule has 0 aliphatic carbocycles. The van der Waals surface area contributed by atoms with Gasteiger partial charge in [0.25, 0.3) is 0 Å². The van der Waals surface area contributed by atoms with Crippen molar-refractivity contribution in [3.05, 3.63) is 53.1 Å². The second-order valence-electron chi connectivity index (χ2n) is 6.20. The fourth-order valence-corrected chi connectivity index (χ4v) is 3.58. The van der Waals surface area contributed by atoms with Gasteiger partial charge in [-0.25, -0.2) is 0 Å². The van der Waals surface area contributed by atoms with Gasteiger partial charge in [-0.05, 0) is 18.4 Å². The number of hydrogen-bond acceptors (Lipinski definition) is 4. The van der Waals surface area contributed by atoms with Gasteiger partial charge >= 0.3 is 0 Å². The second kappa shape index (κ2) is 6.58. The largest absolute Gasteiger partial charge is 0.454 e. The van der Waals surface area contributed by atoms with Gasteiger partial charge in [0, 0.05) is 25.3 Å². The van der Waals surface area contributed by atoms with Gasteiger partial charge in [0.05, 0.1) is 16.1 Å². The summed E-state index contributed by atoms with van der Waals surface area (Å²) in [5, 5.41) is 3.41. The first-order chi connectivity index (χ1) is 12.2. The molecule has 0 unspecified atom stereocenters. The van der Waals surface area contributed by atoms with Crippen LogP contribution in [0.5, 0.6) is 11.5 Å².